The van der Waals surface area contributed by atoms with Gasteiger partial charge in [0.2, 0.25) is 5.95 Å². The highest BCUT2D eigenvalue weighted by molar-refractivity contribution is 6.01. The van der Waals surface area contributed by atoms with E-state index in [4.69, 9.17) is 4.74 Å². The summed E-state index contributed by atoms with van der Waals surface area (Å²) in [7, 11) is 0. The number of aromatic amines is 1. The van der Waals surface area contributed by atoms with Crippen molar-refractivity contribution in [3.05, 3.63) is 28.2 Å². The van der Waals surface area contributed by atoms with Crippen molar-refractivity contribution in [3.8, 4) is 6.01 Å². The summed E-state index contributed by atoms with van der Waals surface area (Å²) in [6.07, 6.45) is 0.748. The molecule has 2 N–H and O–H groups in total. The first kappa shape index (κ1) is 14.7. The second kappa shape index (κ2) is 6.64. The van der Waals surface area contributed by atoms with E-state index in [1.165, 1.54) is 16.8 Å². The molecule has 0 atom stereocenters. The summed E-state index contributed by atoms with van der Waals surface area (Å²) in [6, 6.07) is 2.82. The number of H-pyrrole nitrogens is 1. The van der Waals surface area contributed by atoms with Crippen molar-refractivity contribution in [3.63, 3.8) is 0 Å². The van der Waals surface area contributed by atoms with Gasteiger partial charge in [-0.3, -0.25) is 14.9 Å². The number of carbonyl (C=O) groups is 1. The van der Waals surface area contributed by atoms with E-state index in [1.807, 2.05) is 6.92 Å². The molecule has 2 heterocycles. The third kappa shape index (κ3) is 3.65. The molecule has 1 amide bonds. The quantitative estimate of drug-likeness (QED) is 0.797. The van der Waals surface area contributed by atoms with Gasteiger partial charge < -0.3 is 4.74 Å². The molecule has 0 unspecified atom stereocenters. The molecule has 9 nitrogen and oxygen atoms in total. The van der Waals surface area contributed by atoms with Crippen LogP contribution in [0.2, 0.25) is 0 Å². The first-order valence-electron chi connectivity index (χ1n) is 6.58. The maximum Gasteiger partial charge on any atom is 0.337 e. The number of amides is 1. The third-order valence-corrected chi connectivity index (χ3v) is 2.50. The van der Waals surface area contributed by atoms with Crippen molar-refractivity contribution in [2.75, 3.05) is 11.9 Å². The summed E-state index contributed by atoms with van der Waals surface area (Å²) >= 11 is 0. The van der Waals surface area contributed by atoms with E-state index in [0.717, 1.165) is 6.42 Å². The van der Waals surface area contributed by atoms with E-state index < -0.39 is 5.91 Å². The minimum Gasteiger partial charge on any atom is -0.463 e. The Labute approximate surface area is 120 Å². The number of ether oxygens (including phenoxy) is 1. The monoisotopic (exact) mass is 292 g/mol. The Balaban J connectivity index is 2.12. The number of nitrogens with one attached hydrogen (secondary N) is 2. The van der Waals surface area contributed by atoms with Crippen molar-refractivity contribution in [1.29, 1.82) is 0 Å². The predicted molar refractivity (Wildman–Crippen MR) is 74.3 cm³/mol. The molecule has 0 aromatic carbocycles. The van der Waals surface area contributed by atoms with Crippen LogP contribution in [-0.2, 0) is 6.54 Å². The van der Waals surface area contributed by atoms with Gasteiger partial charge in [0.25, 0.3) is 11.5 Å². The summed E-state index contributed by atoms with van der Waals surface area (Å²) in [6.45, 7) is 4.60. The van der Waals surface area contributed by atoms with Gasteiger partial charge in [0.05, 0.1) is 6.61 Å². The smallest absolute Gasteiger partial charge is 0.337 e. The Morgan fingerprint density at radius 3 is 2.95 bits per heavy atom. The van der Waals surface area contributed by atoms with Crippen LogP contribution in [-0.4, -0.2) is 37.5 Å². The zero-order chi connectivity index (χ0) is 15.2. The Morgan fingerprint density at radius 2 is 2.24 bits per heavy atom. The lowest BCUT2D eigenvalue weighted by Gasteiger charge is -2.05. The van der Waals surface area contributed by atoms with Crippen LogP contribution in [0.1, 0.15) is 30.8 Å². The van der Waals surface area contributed by atoms with Gasteiger partial charge in [-0.05, 0) is 19.4 Å². The molecule has 9 heteroatoms. The van der Waals surface area contributed by atoms with Crippen LogP contribution < -0.4 is 15.6 Å². The molecule has 21 heavy (non-hydrogen) atoms. The first-order valence-corrected chi connectivity index (χ1v) is 6.58. The van der Waals surface area contributed by atoms with Gasteiger partial charge >= 0.3 is 6.01 Å². The Hall–Kier alpha value is -2.71. The molecular formula is C12H16N6O3. The maximum atomic E-state index is 12.0. The average molecular weight is 292 g/mol. The molecule has 2 aromatic rings. The van der Waals surface area contributed by atoms with Crippen molar-refractivity contribution >= 4 is 11.9 Å². The molecule has 0 aliphatic carbocycles. The number of rotatable bonds is 6. The topological polar surface area (TPSA) is 115 Å². The van der Waals surface area contributed by atoms with Crippen molar-refractivity contribution in [1.82, 2.24) is 25.0 Å². The van der Waals surface area contributed by atoms with Gasteiger partial charge in [0.15, 0.2) is 0 Å². The molecule has 0 saturated heterocycles. The number of anilines is 1. The van der Waals surface area contributed by atoms with Crippen LogP contribution in [0.5, 0.6) is 6.01 Å². The SMILES string of the molecule is CCCn1nc(C(=O)Nc2nc(OCC)n[nH]2)ccc1=O. The summed E-state index contributed by atoms with van der Waals surface area (Å²) in [5.41, 5.74) is -0.121. The normalized spacial score (nSPS) is 10.4. The highest BCUT2D eigenvalue weighted by Crippen LogP contribution is 2.06. The van der Waals surface area contributed by atoms with Gasteiger partial charge in [0, 0.05) is 12.6 Å². The number of aromatic nitrogens is 5. The van der Waals surface area contributed by atoms with E-state index in [2.05, 4.69) is 25.6 Å². The van der Waals surface area contributed by atoms with Crippen LogP contribution in [0.3, 0.4) is 0 Å². The standard InChI is InChI=1S/C12H16N6O3/c1-3-7-18-9(19)6-5-8(17-18)10(20)13-11-14-12(16-15-11)21-4-2/h5-6H,3-4,7H2,1-2H3,(H2,13,14,15,16,20). The van der Waals surface area contributed by atoms with E-state index in [-0.39, 0.29) is 23.2 Å². The maximum absolute atomic E-state index is 12.0. The van der Waals surface area contributed by atoms with E-state index in [0.29, 0.717) is 13.2 Å². The fraction of sp³-hybridized carbons (Fsp3) is 0.417. The number of carbonyl (C=O) groups excluding carboxylic acids is 1. The summed E-state index contributed by atoms with van der Waals surface area (Å²) in [5, 5.41) is 12.8. The van der Waals surface area contributed by atoms with Gasteiger partial charge in [-0.25, -0.2) is 9.78 Å². The minimum absolute atomic E-state index is 0.123. The number of hydrogen-bond acceptors (Lipinski definition) is 6. The van der Waals surface area contributed by atoms with E-state index in [1.54, 1.807) is 6.92 Å². The van der Waals surface area contributed by atoms with Crippen LogP contribution in [0, 0.1) is 0 Å². The molecule has 2 rings (SSSR count). The van der Waals surface area contributed by atoms with Gasteiger partial charge in [-0.2, -0.15) is 10.1 Å². The molecule has 0 spiro atoms. The zero-order valence-electron chi connectivity index (χ0n) is 11.8. The van der Waals surface area contributed by atoms with E-state index in [9.17, 15) is 9.59 Å². The lowest BCUT2D eigenvalue weighted by Crippen LogP contribution is -2.26. The highest BCUT2D eigenvalue weighted by Gasteiger charge is 2.12. The third-order valence-electron chi connectivity index (χ3n) is 2.50. The molecule has 0 aliphatic heterocycles. The summed E-state index contributed by atoms with van der Waals surface area (Å²) in [5.74, 6) is -0.336. The largest absolute Gasteiger partial charge is 0.463 e. The Bertz CT molecular complexity index is 678. The predicted octanol–water partition coefficient (Wildman–Crippen LogP) is 0.422. The fourth-order valence-corrected chi connectivity index (χ4v) is 1.61. The molecule has 0 bridgehead atoms. The van der Waals surface area contributed by atoms with Gasteiger partial charge in [-0.1, -0.05) is 6.92 Å². The second-order valence-electron chi connectivity index (χ2n) is 4.13. The average Bonchev–Trinajstić information content (AvgIpc) is 2.89. The van der Waals surface area contributed by atoms with Crippen LogP contribution in [0.4, 0.5) is 5.95 Å². The van der Waals surface area contributed by atoms with Crippen LogP contribution in [0.15, 0.2) is 16.9 Å². The van der Waals surface area contributed by atoms with Crippen LogP contribution >= 0.6 is 0 Å². The lowest BCUT2D eigenvalue weighted by atomic mass is 10.3. The molecule has 0 saturated carbocycles. The lowest BCUT2D eigenvalue weighted by molar-refractivity contribution is 0.101. The number of hydrogen-bond donors (Lipinski definition) is 2. The Morgan fingerprint density at radius 1 is 1.43 bits per heavy atom. The van der Waals surface area contributed by atoms with Gasteiger partial charge in [-0.15, -0.1) is 5.10 Å². The molecule has 0 aliphatic rings. The van der Waals surface area contributed by atoms with Crippen LogP contribution in [0.25, 0.3) is 0 Å². The van der Waals surface area contributed by atoms with Gasteiger partial charge in [0.1, 0.15) is 5.69 Å². The number of aryl methyl sites for hydroxylation is 1. The summed E-state index contributed by atoms with van der Waals surface area (Å²) in [4.78, 5) is 27.5. The second-order valence-corrected chi connectivity index (χ2v) is 4.13. The number of nitrogens with zero attached hydrogens (tertiary/aromatic N) is 4. The Kier molecular flexibility index (Phi) is 4.64. The minimum atomic E-state index is -0.487. The molecule has 0 fully saturated rings. The molecule has 0 radical (unpaired) electrons. The zero-order valence-corrected chi connectivity index (χ0v) is 11.8. The van der Waals surface area contributed by atoms with E-state index >= 15 is 0 Å². The molecule has 2 aromatic heterocycles. The fourth-order valence-electron chi connectivity index (χ4n) is 1.61. The highest BCUT2D eigenvalue weighted by atomic mass is 16.5. The van der Waals surface area contributed by atoms with Crippen molar-refractivity contribution in [2.24, 2.45) is 0 Å². The molecule has 112 valence electrons. The van der Waals surface area contributed by atoms with Crippen molar-refractivity contribution in [2.45, 2.75) is 26.8 Å². The first-order chi connectivity index (χ1) is 10.1. The molecular weight excluding hydrogens is 276 g/mol. The van der Waals surface area contributed by atoms with Crippen molar-refractivity contribution < 1.29 is 9.53 Å². The summed E-state index contributed by atoms with van der Waals surface area (Å²) < 4.78 is 6.33.